The highest BCUT2D eigenvalue weighted by Crippen LogP contribution is 2.22. The molecule has 4 amide bonds. The van der Waals surface area contributed by atoms with Gasteiger partial charge in [0.2, 0.25) is 5.91 Å². The van der Waals surface area contributed by atoms with E-state index in [-0.39, 0.29) is 18.7 Å². The number of nitrogens with one attached hydrogen (secondary N) is 3. The summed E-state index contributed by atoms with van der Waals surface area (Å²) in [4.78, 5) is 35.1. The van der Waals surface area contributed by atoms with Crippen LogP contribution in [0.1, 0.15) is 24.0 Å². The minimum Gasteiger partial charge on any atom is -0.352 e. The van der Waals surface area contributed by atoms with Crippen molar-refractivity contribution in [1.29, 1.82) is 0 Å². The van der Waals surface area contributed by atoms with Gasteiger partial charge in [0.05, 0.1) is 12.2 Å². The monoisotopic (exact) mass is 417 g/mol. The highest BCUT2D eigenvalue weighted by Gasteiger charge is 2.29. The van der Waals surface area contributed by atoms with Crippen LogP contribution in [0.3, 0.4) is 0 Å². The number of urea groups is 1. The second-order valence-corrected chi connectivity index (χ2v) is 7.38. The highest BCUT2D eigenvalue weighted by molar-refractivity contribution is 6.04. The van der Waals surface area contributed by atoms with E-state index < -0.39 is 18.0 Å². The normalized spacial score (nSPS) is 15.4. The molecule has 1 aromatic heterocycles. The molecule has 4 rings (SSSR count). The summed E-state index contributed by atoms with van der Waals surface area (Å²) in [5, 5.41) is 12.3. The van der Waals surface area contributed by atoms with Crippen molar-refractivity contribution >= 4 is 17.8 Å². The van der Waals surface area contributed by atoms with E-state index in [1.54, 1.807) is 0 Å². The maximum absolute atomic E-state index is 12.3. The van der Waals surface area contributed by atoms with E-state index in [1.165, 1.54) is 0 Å². The minimum atomic E-state index is -0.660. The Morgan fingerprint density at radius 3 is 2.42 bits per heavy atom. The van der Waals surface area contributed by atoms with Crippen molar-refractivity contribution in [2.75, 3.05) is 0 Å². The van der Waals surface area contributed by atoms with Gasteiger partial charge in [0.15, 0.2) is 0 Å². The summed E-state index contributed by atoms with van der Waals surface area (Å²) in [7, 11) is 0. The number of carbonyl (C=O) groups is 3. The van der Waals surface area contributed by atoms with Gasteiger partial charge < -0.3 is 10.6 Å². The van der Waals surface area contributed by atoms with E-state index >= 15 is 0 Å². The Bertz CT molecular complexity index is 1080. The predicted molar refractivity (Wildman–Crippen MR) is 115 cm³/mol. The van der Waals surface area contributed by atoms with Crippen LogP contribution in [0, 0.1) is 0 Å². The zero-order chi connectivity index (χ0) is 21.6. The Hall–Kier alpha value is -3.94. The second-order valence-electron chi connectivity index (χ2n) is 7.38. The molecule has 0 unspecified atom stereocenters. The van der Waals surface area contributed by atoms with Crippen molar-refractivity contribution in [2.24, 2.45) is 0 Å². The molecule has 0 aliphatic carbocycles. The lowest BCUT2D eigenvalue weighted by molar-refractivity contribution is -0.122. The van der Waals surface area contributed by atoms with Crippen molar-refractivity contribution in [2.45, 2.75) is 32.0 Å². The Morgan fingerprint density at radius 1 is 1.03 bits per heavy atom. The number of hydrogen-bond donors (Lipinski definition) is 3. The highest BCUT2D eigenvalue weighted by atomic mass is 16.2. The van der Waals surface area contributed by atoms with E-state index in [4.69, 9.17) is 5.10 Å². The summed E-state index contributed by atoms with van der Waals surface area (Å²) in [6.45, 7) is 0.951. The van der Waals surface area contributed by atoms with Crippen LogP contribution in [-0.4, -0.2) is 33.7 Å². The number of hydrogen-bond acceptors (Lipinski definition) is 4. The van der Waals surface area contributed by atoms with Crippen LogP contribution in [0.2, 0.25) is 0 Å². The molecular weight excluding hydrogens is 394 g/mol. The first-order valence-electron chi connectivity index (χ1n) is 10.1. The van der Waals surface area contributed by atoms with E-state index in [1.807, 2.05) is 71.5 Å². The van der Waals surface area contributed by atoms with Crippen molar-refractivity contribution in [3.8, 4) is 11.3 Å². The van der Waals surface area contributed by atoms with Gasteiger partial charge in [-0.05, 0) is 12.0 Å². The number of imide groups is 1. The number of amides is 4. The first kappa shape index (κ1) is 20.3. The first-order chi connectivity index (χ1) is 15.1. The van der Waals surface area contributed by atoms with Crippen molar-refractivity contribution < 1.29 is 14.4 Å². The third-order valence-corrected chi connectivity index (χ3v) is 5.07. The van der Waals surface area contributed by atoms with Gasteiger partial charge in [-0.15, -0.1) is 0 Å². The largest absolute Gasteiger partial charge is 0.352 e. The lowest BCUT2D eigenvalue weighted by Crippen LogP contribution is -2.31. The van der Waals surface area contributed by atoms with Crippen LogP contribution in [0.4, 0.5) is 4.79 Å². The molecule has 158 valence electrons. The van der Waals surface area contributed by atoms with Gasteiger partial charge in [-0.2, -0.15) is 5.10 Å². The van der Waals surface area contributed by atoms with Crippen LogP contribution >= 0.6 is 0 Å². The van der Waals surface area contributed by atoms with Crippen LogP contribution in [-0.2, 0) is 22.7 Å². The molecule has 2 aromatic carbocycles. The topological polar surface area (TPSA) is 105 Å². The van der Waals surface area contributed by atoms with Gasteiger partial charge in [0.25, 0.3) is 5.91 Å². The predicted octanol–water partition coefficient (Wildman–Crippen LogP) is 2.20. The minimum absolute atomic E-state index is 0.136. The second kappa shape index (κ2) is 9.25. The third-order valence-electron chi connectivity index (χ3n) is 5.07. The molecule has 0 radical (unpaired) electrons. The molecule has 1 fully saturated rings. The smallest absolute Gasteiger partial charge is 0.322 e. The molecule has 8 heteroatoms. The molecule has 8 nitrogen and oxygen atoms in total. The molecule has 0 spiro atoms. The van der Waals surface area contributed by atoms with Crippen LogP contribution in [0.25, 0.3) is 11.3 Å². The molecule has 0 bridgehead atoms. The number of carbonyl (C=O) groups excluding carboxylic acids is 3. The molecule has 1 saturated heterocycles. The lowest BCUT2D eigenvalue weighted by Gasteiger charge is -2.08. The summed E-state index contributed by atoms with van der Waals surface area (Å²) in [6, 6.07) is 18.7. The van der Waals surface area contributed by atoms with Gasteiger partial charge in [0.1, 0.15) is 6.04 Å². The summed E-state index contributed by atoms with van der Waals surface area (Å²) in [5.74, 6) is -0.588. The number of benzene rings is 2. The number of rotatable bonds is 8. The van der Waals surface area contributed by atoms with Gasteiger partial charge in [-0.3, -0.25) is 19.6 Å². The Morgan fingerprint density at radius 2 is 1.74 bits per heavy atom. The van der Waals surface area contributed by atoms with Gasteiger partial charge >= 0.3 is 6.03 Å². The van der Waals surface area contributed by atoms with Crippen molar-refractivity contribution in [3.63, 3.8) is 0 Å². The fourth-order valence-corrected chi connectivity index (χ4v) is 3.50. The first-order valence-corrected chi connectivity index (χ1v) is 10.1. The molecular formula is C23H23N5O3. The average Bonchev–Trinajstić information content (AvgIpc) is 3.33. The van der Waals surface area contributed by atoms with Crippen LogP contribution in [0.15, 0.2) is 66.9 Å². The molecule has 3 N–H and O–H groups in total. The van der Waals surface area contributed by atoms with Gasteiger partial charge in [-0.1, -0.05) is 60.7 Å². The summed E-state index contributed by atoms with van der Waals surface area (Å²) >= 11 is 0. The fourth-order valence-electron chi connectivity index (χ4n) is 3.50. The zero-order valence-corrected chi connectivity index (χ0v) is 16.9. The van der Waals surface area contributed by atoms with Gasteiger partial charge in [-0.25, -0.2) is 4.79 Å². The van der Waals surface area contributed by atoms with Gasteiger partial charge in [0, 0.05) is 30.3 Å². The molecule has 3 aromatic rings. The van der Waals surface area contributed by atoms with E-state index in [0.717, 1.165) is 22.4 Å². The summed E-state index contributed by atoms with van der Waals surface area (Å²) in [5.41, 5.74) is 3.84. The Labute approximate surface area is 179 Å². The van der Waals surface area contributed by atoms with E-state index in [2.05, 4.69) is 16.0 Å². The van der Waals surface area contributed by atoms with Crippen LogP contribution in [0.5, 0.6) is 0 Å². The quantitative estimate of drug-likeness (QED) is 0.489. The van der Waals surface area contributed by atoms with E-state index in [9.17, 15) is 14.4 Å². The van der Waals surface area contributed by atoms with Crippen LogP contribution < -0.4 is 16.0 Å². The number of nitrogens with zero attached hydrogens (tertiary/aromatic N) is 2. The third kappa shape index (κ3) is 5.16. The fraction of sp³-hybridized carbons (Fsp3) is 0.217. The molecule has 0 saturated carbocycles. The lowest BCUT2D eigenvalue weighted by atomic mass is 10.1. The van der Waals surface area contributed by atoms with E-state index in [0.29, 0.717) is 13.1 Å². The Kier molecular flexibility index (Phi) is 6.07. The van der Waals surface area contributed by atoms with Crippen molar-refractivity contribution in [3.05, 3.63) is 78.0 Å². The molecule has 2 heterocycles. The molecule has 31 heavy (non-hydrogen) atoms. The average molecular weight is 417 g/mol. The SMILES string of the molecule is O=C(CC[C@H]1NC(=O)NC1=O)NCc1cn(Cc2ccccc2)nc1-c1ccccc1. The zero-order valence-electron chi connectivity index (χ0n) is 16.9. The maximum atomic E-state index is 12.3. The maximum Gasteiger partial charge on any atom is 0.322 e. The number of aromatic nitrogens is 2. The summed E-state index contributed by atoms with van der Waals surface area (Å²) < 4.78 is 1.87. The molecule has 1 aliphatic heterocycles. The Balaban J connectivity index is 1.43. The molecule has 1 atom stereocenters. The standard InChI is InChI=1S/C23H23N5O3/c29-20(12-11-19-22(30)26-23(31)25-19)24-13-18-15-28(14-16-7-3-1-4-8-16)27-21(18)17-9-5-2-6-10-17/h1-10,15,19H,11-14H2,(H,24,29)(H2,25,26,30,31)/t19-/m1/s1. The molecule has 1 aliphatic rings. The van der Waals surface area contributed by atoms with Crippen molar-refractivity contribution in [1.82, 2.24) is 25.7 Å². The summed E-state index contributed by atoms with van der Waals surface area (Å²) in [6.07, 6.45) is 2.33.